The van der Waals surface area contributed by atoms with E-state index in [0.717, 1.165) is 31.5 Å². The van der Waals surface area contributed by atoms with E-state index in [2.05, 4.69) is 10.6 Å². The third-order valence-electron chi connectivity index (χ3n) is 3.96. The Morgan fingerprint density at radius 1 is 1.35 bits per heavy atom. The van der Waals surface area contributed by atoms with Gasteiger partial charge in [0.15, 0.2) is 0 Å². The monoisotopic (exact) mass is 320 g/mol. The zero-order chi connectivity index (χ0) is 16.5. The highest BCUT2D eigenvalue weighted by molar-refractivity contribution is 5.81. The molecule has 1 aliphatic rings. The van der Waals surface area contributed by atoms with Gasteiger partial charge in [-0.25, -0.2) is 9.59 Å². The van der Waals surface area contributed by atoms with Crippen LogP contribution in [0.1, 0.15) is 24.8 Å². The molecule has 6 heteroatoms. The molecule has 23 heavy (non-hydrogen) atoms. The number of ether oxygens (including phenoxy) is 2. The van der Waals surface area contributed by atoms with Gasteiger partial charge in [-0.2, -0.15) is 0 Å². The van der Waals surface area contributed by atoms with Crippen molar-refractivity contribution in [3.63, 3.8) is 0 Å². The first-order chi connectivity index (χ1) is 11.2. The summed E-state index contributed by atoms with van der Waals surface area (Å²) in [4.78, 5) is 23.8. The fraction of sp³-hybridized carbons (Fsp3) is 0.529. The fourth-order valence-electron chi connectivity index (χ4n) is 2.72. The molecule has 0 radical (unpaired) electrons. The van der Waals surface area contributed by atoms with Crippen LogP contribution in [-0.2, 0) is 20.9 Å². The van der Waals surface area contributed by atoms with E-state index in [1.165, 1.54) is 7.11 Å². The number of piperidine rings is 1. The molecule has 1 aromatic rings. The molecule has 126 valence electrons. The first kappa shape index (κ1) is 17.3. The highest BCUT2D eigenvalue weighted by Crippen LogP contribution is 2.17. The second-order valence-corrected chi connectivity index (χ2v) is 5.73. The van der Waals surface area contributed by atoms with Gasteiger partial charge in [-0.3, -0.25) is 0 Å². The summed E-state index contributed by atoms with van der Waals surface area (Å²) in [6.07, 6.45) is 2.08. The van der Waals surface area contributed by atoms with Gasteiger partial charge in [-0.15, -0.1) is 0 Å². The maximum atomic E-state index is 11.9. The van der Waals surface area contributed by atoms with E-state index in [9.17, 15) is 9.59 Å². The number of carbonyl (C=O) groups excluding carboxylic acids is 2. The number of benzene rings is 1. The van der Waals surface area contributed by atoms with Crippen molar-refractivity contribution in [2.45, 2.75) is 31.9 Å². The van der Waals surface area contributed by atoms with Gasteiger partial charge in [-0.05, 0) is 43.8 Å². The second-order valence-electron chi connectivity index (χ2n) is 5.73. The SMILES string of the molecule is COC(=O)[C@H](C[C@@H]1CCCNC1)NC(=O)OCc1ccccc1. The average Bonchev–Trinajstić information content (AvgIpc) is 2.60. The van der Waals surface area contributed by atoms with Crippen molar-refractivity contribution in [1.29, 1.82) is 0 Å². The van der Waals surface area contributed by atoms with Crippen LogP contribution >= 0.6 is 0 Å². The topological polar surface area (TPSA) is 76.7 Å². The van der Waals surface area contributed by atoms with Crippen molar-refractivity contribution in [2.24, 2.45) is 5.92 Å². The Kier molecular flexibility index (Phi) is 6.87. The first-order valence-corrected chi connectivity index (χ1v) is 7.95. The van der Waals surface area contributed by atoms with Crippen LogP contribution in [-0.4, -0.2) is 38.3 Å². The smallest absolute Gasteiger partial charge is 0.408 e. The number of methoxy groups -OCH3 is 1. The summed E-state index contributed by atoms with van der Waals surface area (Å²) in [5, 5.41) is 5.92. The van der Waals surface area contributed by atoms with Crippen LogP contribution in [0, 0.1) is 5.92 Å². The van der Waals surface area contributed by atoms with E-state index in [1.54, 1.807) is 0 Å². The summed E-state index contributed by atoms with van der Waals surface area (Å²) in [5.74, 6) is -0.0884. The summed E-state index contributed by atoms with van der Waals surface area (Å²) >= 11 is 0. The summed E-state index contributed by atoms with van der Waals surface area (Å²) in [6, 6.07) is 8.73. The fourth-order valence-corrected chi connectivity index (χ4v) is 2.72. The van der Waals surface area contributed by atoms with Crippen LogP contribution in [0.5, 0.6) is 0 Å². The Hall–Kier alpha value is -2.08. The van der Waals surface area contributed by atoms with E-state index < -0.39 is 18.1 Å². The molecule has 1 amide bonds. The van der Waals surface area contributed by atoms with Crippen LogP contribution in [0.4, 0.5) is 4.79 Å². The number of carbonyl (C=O) groups is 2. The zero-order valence-corrected chi connectivity index (χ0v) is 13.4. The molecule has 2 rings (SSSR count). The van der Waals surface area contributed by atoms with Gasteiger partial charge < -0.3 is 20.1 Å². The average molecular weight is 320 g/mol. The summed E-state index contributed by atoms with van der Waals surface area (Å²) in [6.45, 7) is 2.03. The lowest BCUT2D eigenvalue weighted by molar-refractivity contribution is -0.143. The summed E-state index contributed by atoms with van der Waals surface area (Å²) in [5.41, 5.74) is 0.897. The number of esters is 1. The third-order valence-corrected chi connectivity index (χ3v) is 3.96. The lowest BCUT2D eigenvalue weighted by Crippen LogP contribution is -2.44. The molecule has 2 N–H and O–H groups in total. The summed E-state index contributed by atoms with van der Waals surface area (Å²) in [7, 11) is 1.32. The molecule has 6 nitrogen and oxygen atoms in total. The Morgan fingerprint density at radius 3 is 2.78 bits per heavy atom. The number of rotatable bonds is 6. The van der Waals surface area contributed by atoms with Crippen molar-refractivity contribution >= 4 is 12.1 Å². The van der Waals surface area contributed by atoms with Crippen molar-refractivity contribution in [3.05, 3.63) is 35.9 Å². The number of nitrogens with one attached hydrogen (secondary N) is 2. The standard InChI is InChI=1S/C17H24N2O4/c1-22-16(20)15(10-14-8-5-9-18-11-14)19-17(21)23-12-13-6-3-2-4-7-13/h2-4,6-7,14-15,18H,5,8-12H2,1H3,(H,19,21)/t14-,15-/m0/s1. The van der Waals surface area contributed by atoms with Gasteiger partial charge in [-0.1, -0.05) is 30.3 Å². The molecule has 0 saturated carbocycles. The van der Waals surface area contributed by atoms with Gasteiger partial charge in [0.05, 0.1) is 7.11 Å². The maximum absolute atomic E-state index is 11.9. The van der Waals surface area contributed by atoms with Crippen molar-refractivity contribution < 1.29 is 19.1 Å². The number of amides is 1. The molecule has 0 aliphatic carbocycles. The van der Waals surface area contributed by atoms with E-state index in [4.69, 9.17) is 9.47 Å². The quantitative estimate of drug-likeness (QED) is 0.782. The lowest BCUT2D eigenvalue weighted by Gasteiger charge is -2.26. The molecule has 0 unspecified atom stereocenters. The van der Waals surface area contributed by atoms with Gasteiger partial charge in [0.1, 0.15) is 12.6 Å². The van der Waals surface area contributed by atoms with E-state index in [-0.39, 0.29) is 6.61 Å². The van der Waals surface area contributed by atoms with Crippen molar-refractivity contribution in [2.75, 3.05) is 20.2 Å². The molecule has 2 atom stereocenters. The molecule has 0 spiro atoms. The van der Waals surface area contributed by atoms with Crippen LogP contribution in [0.25, 0.3) is 0 Å². The third kappa shape index (κ3) is 5.90. The van der Waals surface area contributed by atoms with Crippen LogP contribution in [0.15, 0.2) is 30.3 Å². The molecule has 0 aromatic heterocycles. The molecular formula is C17H24N2O4. The molecule has 1 aromatic carbocycles. The molecular weight excluding hydrogens is 296 g/mol. The highest BCUT2D eigenvalue weighted by Gasteiger charge is 2.27. The van der Waals surface area contributed by atoms with Crippen LogP contribution in [0.3, 0.4) is 0 Å². The number of hydrogen-bond donors (Lipinski definition) is 2. The number of alkyl carbamates (subject to hydrolysis) is 1. The Bertz CT molecular complexity index is 501. The Labute approximate surface area is 136 Å². The maximum Gasteiger partial charge on any atom is 0.408 e. The van der Waals surface area contributed by atoms with Crippen LogP contribution < -0.4 is 10.6 Å². The Morgan fingerprint density at radius 2 is 2.13 bits per heavy atom. The Balaban J connectivity index is 1.83. The molecule has 0 bridgehead atoms. The largest absolute Gasteiger partial charge is 0.467 e. The van der Waals surface area contributed by atoms with Crippen molar-refractivity contribution in [1.82, 2.24) is 10.6 Å². The van der Waals surface area contributed by atoms with E-state index in [0.29, 0.717) is 12.3 Å². The minimum atomic E-state index is -0.673. The highest BCUT2D eigenvalue weighted by atomic mass is 16.6. The van der Waals surface area contributed by atoms with Gasteiger partial charge in [0.25, 0.3) is 0 Å². The molecule has 1 aliphatic heterocycles. The minimum Gasteiger partial charge on any atom is -0.467 e. The van der Waals surface area contributed by atoms with E-state index in [1.807, 2.05) is 30.3 Å². The second kappa shape index (κ2) is 9.15. The first-order valence-electron chi connectivity index (χ1n) is 7.95. The van der Waals surface area contributed by atoms with Gasteiger partial charge in [0.2, 0.25) is 0 Å². The zero-order valence-electron chi connectivity index (χ0n) is 13.4. The molecule has 1 fully saturated rings. The van der Waals surface area contributed by atoms with Gasteiger partial charge in [0, 0.05) is 0 Å². The van der Waals surface area contributed by atoms with Crippen molar-refractivity contribution in [3.8, 4) is 0 Å². The number of hydrogen-bond acceptors (Lipinski definition) is 5. The van der Waals surface area contributed by atoms with Crippen LogP contribution in [0.2, 0.25) is 0 Å². The molecule has 1 heterocycles. The van der Waals surface area contributed by atoms with Gasteiger partial charge >= 0.3 is 12.1 Å². The molecule has 1 saturated heterocycles. The lowest BCUT2D eigenvalue weighted by atomic mass is 9.92. The minimum absolute atomic E-state index is 0.172. The predicted molar refractivity (Wildman–Crippen MR) is 85.8 cm³/mol. The summed E-state index contributed by atoms with van der Waals surface area (Å²) < 4.78 is 9.96. The van der Waals surface area contributed by atoms with E-state index >= 15 is 0 Å². The predicted octanol–water partition coefficient (Wildman–Crippen LogP) is 1.84. The normalized spacial score (nSPS) is 18.7.